The van der Waals surface area contributed by atoms with Gasteiger partial charge in [-0.1, -0.05) is 47.5 Å². The van der Waals surface area contributed by atoms with Crippen LogP contribution >= 0.6 is 35.4 Å². The van der Waals surface area contributed by atoms with Crippen molar-refractivity contribution in [3.05, 3.63) is 99.8 Å². The summed E-state index contributed by atoms with van der Waals surface area (Å²) in [6.07, 6.45) is 3.95. The Kier molecular flexibility index (Phi) is 6.75. The number of halogens is 2. The summed E-state index contributed by atoms with van der Waals surface area (Å²) in [4.78, 5) is 16.8. The van der Waals surface area contributed by atoms with E-state index in [1.54, 1.807) is 15.9 Å². The van der Waals surface area contributed by atoms with Crippen LogP contribution < -0.4 is 9.64 Å². The van der Waals surface area contributed by atoms with E-state index in [1.807, 2.05) is 74.8 Å². The van der Waals surface area contributed by atoms with Crippen LogP contribution in [0.2, 0.25) is 10.0 Å². The van der Waals surface area contributed by atoms with Crippen molar-refractivity contribution in [1.82, 2.24) is 9.47 Å². The van der Waals surface area contributed by atoms with E-state index in [1.165, 1.54) is 0 Å². The lowest BCUT2D eigenvalue weighted by Gasteiger charge is -2.16. The molecule has 2 heterocycles. The molecule has 1 fully saturated rings. The monoisotopic (exact) mass is 535 g/mol. The summed E-state index contributed by atoms with van der Waals surface area (Å²) in [7, 11) is 1.82. The van der Waals surface area contributed by atoms with Crippen LogP contribution in [-0.2, 0) is 11.3 Å². The number of rotatable bonds is 6. The van der Waals surface area contributed by atoms with Crippen molar-refractivity contribution in [3.8, 4) is 5.75 Å². The van der Waals surface area contributed by atoms with E-state index in [9.17, 15) is 4.79 Å². The van der Waals surface area contributed by atoms with Crippen molar-refractivity contribution in [3.63, 3.8) is 0 Å². The third-order valence-electron chi connectivity index (χ3n) is 6.12. The Balaban J connectivity index is 1.51. The number of carbonyl (C=O) groups is 1. The third-order valence-corrected chi connectivity index (χ3v) is 7.31. The van der Waals surface area contributed by atoms with Crippen LogP contribution in [0.5, 0.6) is 5.75 Å². The first-order chi connectivity index (χ1) is 17.4. The summed E-state index contributed by atoms with van der Waals surface area (Å²) < 4.78 is 7.66. The minimum Gasteiger partial charge on any atom is -0.494 e. The third kappa shape index (κ3) is 4.48. The molecule has 36 heavy (non-hydrogen) atoms. The van der Waals surface area contributed by atoms with Gasteiger partial charge < -0.3 is 14.2 Å². The molecule has 1 aromatic heterocycles. The second-order valence-electron chi connectivity index (χ2n) is 8.42. The number of ether oxygens (including phenoxy) is 1. The molecule has 1 saturated heterocycles. The Morgan fingerprint density at radius 1 is 1.00 bits per heavy atom. The average Bonchev–Trinajstić information content (AvgIpc) is 3.32. The number of hydrogen-bond acceptors (Lipinski definition) is 3. The van der Waals surface area contributed by atoms with Crippen LogP contribution in [0.15, 0.2) is 78.6 Å². The van der Waals surface area contributed by atoms with Gasteiger partial charge in [0.1, 0.15) is 11.4 Å². The summed E-state index contributed by atoms with van der Waals surface area (Å²) in [6.45, 7) is 3.12. The number of benzene rings is 3. The summed E-state index contributed by atoms with van der Waals surface area (Å²) in [6, 6.07) is 21.1. The molecule has 182 valence electrons. The molecule has 5 nitrogen and oxygen atoms in total. The lowest BCUT2D eigenvalue weighted by atomic mass is 10.1. The minimum absolute atomic E-state index is 0.173. The number of anilines is 1. The predicted octanol–water partition coefficient (Wildman–Crippen LogP) is 7.00. The Labute approximate surface area is 225 Å². The Morgan fingerprint density at radius 3 is 2.47 bits per heavy atom. The lowest BCUT2D eigenvalue weighted by Crippen LogP contribution is -2.31. The molecule has 0 aliphatic carbocycles. The Morgan fingerprint density at radius 2 is 1.75 bits per heavy atom. The highest BCUT2D eigenvalue weighted by Gasteiger charge is 2.37. The molecule has 0 atom stereocenters. The molecule has 4 aromatic rings. The number of likely N-dealkylation sites (N-methyl/N-ethyl adjacent to an activating group) is 1. The van der Waals surface area contributed by atoms with E-state index in [0.717, 1.165) is 27.8 Å². The number of carbonyl (C=O) groups excluding carboxylic acids is 1. The van der Waals surface area contributed by atoms with Crippen molar-refractivity contribution in [2.45, 2.75) is 13.5 Å². The number of fused-ring (bicyclic) bond motifs is 1. The van der Waals surface area contributed by atoms with Gasteiger partial charge in [0.05, 0.1) is 22.3 Å². The first kappa shape index (κ1) is 24.4. The zero-order chi connectivity index (χ0) is 25.4. The van der Waals surface area contributed by atoms with Gasteiger partial charge in [0, 0.05) is 36.3 Å². The van der Waals surface area contributed by atoms with Gasteiger partial charge in [-0.15, -0.1) is 0 Å². The molecule has 5 rings (SSSR count). The van der Waals surface area contributed by atoms with E-state index < -0.39 is 0 Å². The van der Waals surface area contributed by atoms with Crippen LogP contribution in [0.25, 0.3) is 17.0 Å². The van der Waals surface area contributed by atoms with Crippen LogP contribution in [0, 0.1) is 0 Å². The Hall–Kier alpha value is -3.32. The van der Waals surface area contributed by atoms with Crippen molar-refractivity contribution in [2.24, 2.45) is 0 Å². The highest BCUT2D eigenvalue weighted by molar-refractivity contribution is 7.80. The second kappa shape index (κ2) is 9.97. The molecular formula is C28H23Cl2N3O2S. The zero-order valence-corrected chi connectivity index (χ0v) is 22.1. The maximum Gasteiger partial charge on any atom is 0.281 e. The number of aromatic nitrogens is 1. The molecule has 1 amide bonds. The van der Waals surface area contributed by atoms with E-state index >= 15 is 0 Å². The Bertz CT molecular complexity index is 1510. The van der Waals surface area contributed by atoms with Crippen LogP contribution in [0.4, 0.5) is 5.69 Å². The fraction of sp³-hybridized carbons (Fsp3) is 0.143. The number of nitrogens with zero attached hydrogens (tertiary/aromatic N) is 3. The standard InChI is InChI=1S/C28H23Cl2N3O2S/c1-3-35-21-11-9-20(10-12-21)33-27(34)26(31(2)28(33)36)15-19-17-32(25-7-5-4-6-22(19)25)16-18-8-13-23(29)24(30)14-18/h4-15,17H,3,16H2,1-2H3/b26-15-. The van der Waals surface area contributed by atoms with Crippen molar-refractivity contribution in [1.29, 1.82) is 0 Å². The van der Waals surface area contributed by atoms with Gasteiger partial charge in [-0.3, -0.25) is 9.69 Å². The number of hydrogen-bond donors (Lipinski definition) is 0. The second-order valence-corrected chi connectivity index (χ2v) is 9.60. The highest BCUT2D eigenvalue weighted by atomic mass is 35.5. The first-order valence-corrected chi connectivity index (χ1v) is 12.6. The fourth-order valence-corrected chi connectivity index (χ4v) is 4.95. The summed E-state index contributed by atoms with van der Waals surface area (Å²) in [5.41, 5.74) is 4.21. The number of thiocarbonyl (C=S) groups is 1. The normalized spacial score (nSPS) is 14.9. The van der Waals surface area contributed by atoms with E-state index in [-0.39, 0.29) is 5.91 Å². The van der Waals surface area contributed by atoms with Gasteiger partial charge in [-0.05, 0) is 73.2 Å². The molecule has 3 aromatic carbocycles. The van der Waals surface area contributed by atoms with Gasteiger partial charge >= 0.3 is 0 Å². The summed E-state index contributed by atoms with van der Waals surface area (Å²) in [5.74, 6) is 0.575. The minimum atomic E-state index is -0.173. The van der Waals surface area contributed by atoms with E-state index in [2.05, 4.69) is 16.7 Å². The number of para-hydroxylation sites is 1. The molecule has 0 saturated carbocycles. The molecule has 1 aliphatic heterocycles. The summed E-state index contributed by atoms with van der Waals surface area (Å²) in [5, 5.41) is 2.51. The van der Waals surface area contributed by atoms with Gasteiger partial charge in [-0.2, -0.15) is 0 Å². The SMILES string of the molecule is CCOc1ccc(N2C(=O)/C(=C/c3cn(Cc4ccc(Cl)c(Cl)c4)c4ccccc34)N(C)C2=S)cc1. The predicted molar refractivity (Wildman–Crippen MR) is 151 cm³/mol. The summed E-state index contributed by atoms with van der Waals surface area (Å²) >= 11 is 18.0. The maximum atomic E-state index is 13.5. The maximum absolute atomic E-state index is 13.5. The molecule has 0 spiro atoms. The first-order valence-electron chi connectivity index (χ1n) is 11.5. The zero-order valence-electron chi connectivity index (χ0n) is 19.7. The van der Waals surface area contributed by atoms with Crippen LogP contribution in [0.3, 0.4) is 0 Å². The van der Waals surface area contributed by atoms with E-state index in [0.29, 0.717) is 39.7 Å². The topological polar surface area (TPSA) is 37.7 Å². The molecule has 0 N–H and O–H groups in total. The van der Waals surface area contributed by atoms with Crippen molar-refractivity contribution >= 4 is 69.1 Å². The van der Waals surface area contributed by atoms with Gasteiger partial charge in [0.25, 0.3) is 5.91 Å². The quantitative estimate of drug-likeness (QED) is 0.197. The average molecular weight is 536 g/mol. The van der Waals surface area contributed by atoms with E-state index in [4.69, 9.17) is 40.2 Å². The molecule has 0 bridgehead atoms. The van der Waals surface area contributed by atoms with Gasteiger partial charge in [0.2, 0.25) is 0 Å². The van der Waals surface area contributed by atoms with Gasteiger partial charge in [0.15, 0.2) is 5.11 Å². The van der Waals surface area contributed by atoms with Crippen LogP contribution in [0.1, 0.15) is 18.1 Å². The number of amides is 1. The smallest absolute Gasteiger partial charge is 0.281 e. The molecule has 0 unspecified atom stereocenters. The largest absolute Gasteiger partial charge is 0.494 e. The molecule has 1 aliphatic rings. The molecular weight excluding hydrogens is 513 g/mol. The highest BCUT2D eigenvalue weighted by Crippen LogP contribution is 2.32. The van der Waals surface area contributed by atoms with Gasteiger partial charge in [-0.25, -0.2) is 0 Å². The van der Waals surface area contributed by atoms with Crippen molar-refractivity contribution < 1.29 is 9.53 Å². The lowest BCUT2D eigenvalue weighted by molar-refractivity contribution is -0.114. The molecule has 8 heteroatoms. The molecule has 0 radical (unpaired) electrons. The van der Waals surface area contributed by atoms with Crippen molar-refractivity contribution in [2.75, 3.05) is 18.6 Å². The van der Waals surface area contributed by atoms with Crippen LogP contribution in [-0.4, -0.2) is 34.1 Å². The fourth-order valence-electron chi connectivity index (χ4n) is 4.35.